The number of ether oxygens (including phenoxy) is 1. The summed E-state index contributed by atoms with van der Waals surface area (Å²) in [5.74, 6) is 2.01. The highest BCUT2D eigenvalue weighted by molar-refractivity contribution is 7.51. The van der Waals surface area contributed by atoms with Gasteiger partial charge in [-0.2, -0.15) is 0 Å². The Labute approximate surface area is 204 Å². The molecule has 1 fully saturated rings. The van der Waals surface area contributed by atoms with Gasteiger partial charge in [-0.05, 0) is 63.2 Å². The summed E-state index contributed by atoms with van der Waals surface area (Å²) >= 11 is 0. The van der Waals surface area contributed by atoms with Gasteiger partial charge in [0.25, 0.3) is 0 Å². The van der Waals surface area contributed by atoms with Gasteiger partial charge in [-0.15, -0.1) is 0 Å². The van der Waals surface area contributed by atoms with Crippen molar-refractivity contribution in [3.8, 4) is 11.4 Å². The molecular formula is C26H38N5O2P. The van der Waals surface area contributed by atoms with Crippen molar-refractivity contribution in [2.24, 2.45) is 0 Å². The number of anilines is 1. The van der Waals surface area contributed by atoms with Crippen LogP contribution in [0.15, 0.2) is 36.5 Å². The number of aromatic nitrogens is 3. The van der Waals surface area contributed by atoms with E-state index in [2.05, 4.69) is 58.7 Å². The molecule has 8 heteroatoms. The first-order valence-electron chi connectivity index (χ1n) is 12.4. The summed E-state index contributed by atoms with van der Waals surface area (Å²) in [5, 5.41) is 3.53. The Morgan fingerprint density at radius 2 is 2.12 bits per heavy atom. The van der Waals surface area contributed by atoms with Gasteiger partial charge in [0.15, 0.2) is 0 Å². The lowest BCUT2D eigenvalue weighted by Crippen LogP contribution is -2.26. The first-order chi connectivity index (χ1) is 16.6. The summed E-state index contributed by atoms with van der Waals surface area (Å²) < 4.78 is 13.3. The second kappa shape index (κ2) is 12.1. The second-order valence-electron chi connectivity index (χ2n) is 8.91. The topological polar surface area (TPSA) is 64.4 Å². The van der Waals surface area contributed by atoms with Gasteiger partial charge in [0, 0.05) is 72.0 Å². The SMILES string of the molecule is CCOCCn1c(-c2ccc(N3CCCC3C)nc2)nc2cc(CNCCP(C)OC)ccc21. The van der Waals surface area contributed by atoms with Crippen LogP contribution < -0.4 is 10.2 Å². The largest absolute Gasteiger partial charge is 0.380 e. The first-order valence-corrected chi connectivity index (χ1v) is 14.3. The summed E-state index contributed by atoms with van der Waals surface area (Å²) in [6, 6.07) is 11.4. The molecule has 7 nitrogen and oxygen atoms in total. The van der Waals surface area contributed by atoms with E-state index in [0.29, 0.717) is 19.3 Å². The Balaban J connectivity index is 1.56. The van der Waals surface area contributed by atoms with E-state index < -0.39 is 0 Å². The Hall–Kier alpha value is -2.05. The van der Waals surface area contributed by atoms with Crippen molar-refractivity contribution >= 4 is 25.0 Å². The van der Waals surface area contributed by atoms with Gasteiger partial charge >= 0.3 is 0 Å². The lowest BCUT2D eigenvalue weighted by atomic mass is 10.2. The van der Waals surface area contributed by atoms with Gasteiger partial charge in [0.1, 0.15) is 11.6 Å². The molecule has 2 atom stereocenters. The molecule has 1 aliphatic heterocycles. The van der Waals surface area contributed by atoms with Gasteiger partial charge < -0.3 is 24.0 Å². The molecule has 3 heterocycles. The minimum Gasteiger partial charge on any atom is -0.380 e. The van der Waals surface area contributed by atoms with E-state index in [1.54, 1.807) is 7.11 Å². The first kappa shape index (κ1) is 25.1. The Kier molecular flexibility index (Phi) is 8.90. The van der Waals surface area contributed by atoms with Crippen LogP contribution in [0, 0.1) is 0 Å². The van der Waals surface area contributed by atoms with E-state index in [1.165, 1.54) is 18.4 Å². The van der Waals surface area contributed by atoms with Crippen LogP contribution in [0.25, 0.3) is 22.4 Å². The number of pyridine rings is 1. The molecule has 0 saturated carbocycles. The van der Waals surface area contributed by atoms with Crippen LogP contribution in [0.1, 0.15) is 32.3 Å². The molecule has 4 rings (SSSR count). The summed E-state index contributed by atoms with van der Waals surface area (Å²) in [5.41, 5.74) is 4.42. The van der Waals surface area contributed by atoms with E-state index in [-0.39, 0.29) is 8.15 Å². The van der Waals surface area contributed by atoms with Crippen molar-refractivity contribution in [3.05, 3.63) is 42.1 Å². The van der Waals surface area contributed by atoms with Crippen molar-refractivity contribution < 1.29 is 9.26 Å². The predicted octanol–water partition coefficient (Wildman–Crippen LogP) is 4.89. The van der Waals surface area contributed by atoms with E-state index in [9.17, 15) is 0 Å². The van der Waals surface area contributed by atoms with Crippen LogP contribution in [0.2, 0.25) is 0 Å². The number of hydrogen-bond acceptors (Lipinski definition) is 6. The molecule has 0 spiro atoms. The molecule has 34 heavy (non-hydrogen) atoms. The molecular weight excluding hydrogens is 445 g/mol. The molecule has 2 unspecified atom stereocenters. The number of hydrogen-bond donors (Lipinski definition) is 1. The van der Waals surface area contributed by atoms with E-state index in [1.807, 2.05) is 13.1 Å². The predicted molar refractivity (Wildman–Crippen MR) is 142 cm³/mol. The van der Waals surface area contributed by atoms with E-state index >= 15 is 0 Å². The zero-order valence-electron chi connectivity index (χ0n) is 21.0. The molecule has 3 aromatic rings. The molecule has 1 aliphatic rings. The fraction of sp³-hybridized carbons (Fsp3) is 0.538. The van der Waals surface area contributed by atoms with Crippen molar-refractivity contribution in [2.75, 3.05) is 51.1 Å². The van der Waals surface area contributed by atoms with Crippen molar-refractivity contribution in [2.45, 2.75) is 45.8 Å². The molecule has 0 aliphatic carbocycles. The van der Waals surface area contributed by atoms with Crippen molar-refractivity contribution in [1.82, 2.24) is 19.9 Å². The van der Waals surface area contributed by atoms with Crippen LogP contribution in [-0.2, 0) is 22.4 Å². The monoisotopic (exact) mass is 483 g/mol. The maximum atomic E-state index is 5.67. The molecule has 0 radical (unpaired) electrons. The van der Waals surface area contributed by atoms with Crippen LogP contribution in [0.5, 0.6) is 0 Å². The lowest BCUT2D eigenvalue weighted by Gasteiger charge is -2.22. The third-order valence-electron chi connectivity index (χ3n) is 6.57. The molecule has 1 aromatic carbocycles. The average Bonchev–Trinajstić information content (AvgIpc) is 3.45. The fourth-order valence-corrected chi connectivity index (χ4v) is 5.21. The summed E-state index contributed by atoms with van der Waals surface area (Å²) in [4.78, 5) is 12.2. The molecule has 1 saturated heterocycles. The summed E-state index contributed by atoms with van der Waals surface area (Å²) in [6.07, 6.45) is 5.50. The summed E-state index contributed by atoms with van der Waals surface area (Å²) in [7, 11) is 1.46. The highest BCUT2D eigenvalue weighted by atomic mass is 31.1. The van der Waals surface area contributed by atoms with E-state index in [4.69, 9.17) is 19.2 Å². The number of nitrogens with one attached hydrogen (secondary N) is 1. The van der Waals surface area contributed by atoms with Crippen molar-refractivity contribution in [3.63, 3.8) is 0 Å². The zero-order chi connectivity index (χ0) is 23.9. The molecule has 1 N–H and O–H groups in total. The Morgan fingerprint density at radius 1 is 1.24 bits per heavy atom. The van der Waals surface area contributed by atoms with Crippen LogP contribution in [0.4, 0.5) is 5.82 Å². The highest BCUT2D eigenvalue weighted by Gasteiger charge is 2.22. The number of fused-ring (bicyclic) bond motifs is 1. The van der Waals surface area contributed by atoms with Gasteiger partial charge in [0.05, 0.1) is 17.6 Å². The van der Waals surface area contributed by atoms with Crippen LogP contribution in [0.3, 0.4) is 0 Å². The van der Waals surface area contributed by atoms with Gasteiger partial charge in [0.2, 0.25) is 0 Å². The van der Waals surface area contributed by atoms with Gasteiger partial charge in [-0.1, -0.05) is 6.07 Å². The Morgan fingerprint density at radius 3 is 2.82 bits per heavy atom. The highest BCUT2D eigenvalue weighted by Crippen LogP contribution is 2.30. The molecule has 2 aromatic heterocycles. The lowest BCUT2D eigenvalue weighted by molar-refractivity contribution is 0.140. The number of benzene rings is 1. The van der Waals surface area contributed by atoms with Crippen molar-refractivity contribution in [1.29, 1.82) is 0 Å². The second-order valence-corrected chi connectivity index (χ2v) is 11.0. The molecule has 0 bridgehead atoms. The quantitative estimate of drug-likeness (QED) is 0.292. The minimum atomic E-state index is -0.329. The number of nitrogens with zero attached hydrogens (tertiary/aromatic N) is 4. The minimum absolute atomic E-state index is 0.329. The fourth-order valence-electron chi connectivity index (χ4n) is 4.55. The van der Waals surface area contributed by atoms with Gasteiger partial charge in [-0.25, -0.2) is 9.97 Å². The molecule has 184 valence electrons. The van der Waals surface area contributed by atoms with Crippen LogP contribution in [-0.4, -0.2) is 66.8 Å². The number of rotatable bonds is 12. The molecule has 0 amide bonds. The average molecular weight is 484 g/mol. The third kappa shape index (κ3) is 5.95. The maximum absolute atomic E-state index is 5.67. The van der Waals surface area contributed by atoms with E-state index in [0.717, 1.165) is 60.6 Å². The standard InChI is InChI=1S/C26H38N5O2P/c1-5-33-15-14-31-24-10-8-21(18-27-12-16-34(4)32-3)17-23(24)29-26(31)22-9-11-25(28-19-22)30-13-6-7-20(30)2/h8-11,17,19-20,27H,5-7,12-16,18H2,1-4H3. The zero-order valence-corrected chi connectivity index (χ0v) is 21.9. The maximum Gasteiger partial charge on any atom is 0.142 e. The normalized spacial score (nSPS) is 17.1. The number of imidazole rings is 1. The Bertz CT molecular complexity index is 1060. The smallest absolute Gasteiger partial charge is 0.142 e. The summed E-state index contributed by atoms with van der Waals surface area (Å²) in [6.45, 7) is 11.5. The van der Waals surface area contributed by atoms with Crippen LogP contribution >= 0.6 is 8.15 Å². The van der Waals surface area contributed by atoms with Gasteiger partial charge in [-0.3, -0.25) is 0 Å². The third-order valence-corrected chi connectivity index (χ3v) is 8.05.